The molecule has 1 fully saturated rings. The molecule has 1 aliphatic heterocycles. The summed E-state index contributed by atoms with van der Waals surface area (Å²) in [4.78, 5) is 4.03. The monoisotopic (exact) mass is 333 g/mol. The zero-order valence-corrected chi connectivity index (χ0v) is 13.4. The number of nitrogens with one attached hydrogen (secondary N) is 2. The number of aromatic nitrogens is 1. The predicted molar refractivity (Wildman–Crippen MR) is 85.3 cm³/mol. The summed E-state index contributed by atoms with van der Waals surface area (Å²) in [6.45, 7) is 0.870. The Morgan fingerprint density at radius 1 is 1.35 bits per heavy atom. The van der Waals surface area contributed by atoms with E-state index in [2.05, 4.69) is 15.0 Å². The molecule has 1 spiro atoms. The van der Waals surface area contributed by atoms with Crippen LogP contribution in [-0.4, -0.2) is 27.0 Å². The SMILES string of the molecule is CNS(=O)(=O)c1cccc(-c2cnc3c(c2)C2(CC2)CN3)c1F. The van der Waals surface area contributed by atoms with Crippen LogP contribution in [0.4, 0.5) is 10.2 Å². The molecule has 1 saturated carbocycles. The Kier molecular flexibility index (Phi) is 3.01. The molecule has 0 saturated heterocycles. The molecule has 120 valence electrons. The number of halogens is 1. The Balaban J connectivity index is 1.85. The van der Waals surface area contributed by atoms with Gasteiger partial charge in [-0.3, -0.25) is 0 Å². The predicted octanol–water partition coefficient (Wildman–Crippen LogP) is 2.25. The molecule has 1 aliphatic carbocycles. The van der Waals surface area contributed by atoms with Crippen molar-refractivity contribution in [3.05, 3.63) is 41.8 Å². The first kappa shape index (κ1) is 14.6. The van der Waals surface area contributed by atoms with Crippen LogP contribution in [-0.2, 0) is 15.4 Å². The first-order valence-electron chi connectivity index (χ1n) is 7.44. The fourth-order valence-corrected chi connectivity index (χ4v) is 3.98. The highest BCUT2D eigenvalue weighted by molar-refractivity contribution is 7.89. The van der Waals surface area contributed by atoms with Gasteiger partial charge in [-0.1, -0.05) is 12.1 Å². The zero-order valence-electron chi connectivity index (χ0n) is 12.6. The summed E-state index contributed by atoms with van der Waals surface area (Å²) in [5.74, 6) is 0.102. The molecular formula is C16H16FN3O2S. The molecule has 7 heteroatoms. The highest BCUT2D eigenvalue weighted by Gasteiger charge is 2.49. The van der Waals surface area contributed by atoms with Crippen LogP contribution in [0.15, 0.2) is 35.4 Å². The lowest BCUT2D eigenvalue weighted by Gasteiger charge is -2.11. The van der Waals surface area contributed by atoms with Crippen LogP contribution < -0.4 is 10.0 Å². The molecule has 2 aromatic rings. The van der Waals surface area contributed by atoms with Gasteiger partial charge in [0.25, 0.3) is 0 Å². The number of nitrogens with zero attached hydrogens (tertiary/aromatic N) is 1. The van der Waals surface area contributed by atoms with Crippen molar-refractivity contribution in [3.63, 3.8) is 0 Å². The van der Waals surface area contributed by atoms with Gasteiger partial charge < -0.3 is 5.32 Å². The molecule has 0 bridgehead atoms. The van der Waals surface area contributed by atoms with Crippen molar-refractivity contribution < 1.29 is 12.8 Å². The second kappa shape index (κ2) is 4.75. The minimum atomic E-state index is -3.84. The van der Waals surface area contributed by atoms with Crippen LogP contribution in [0.25, 0.3) is 11.1 Å². The molecule has 23 heavy (non-hydrogen) atoms. The van der Waals surface area contributed by atoms with Gasteiger partial charge in [0, 0.05) is 34.8 Å². The lowest BCUT2D eigenvalue weighted by atomic mass is 9.97. The second-order valence-corrected chi connectivity index (χ2v) is 7.93. The first-order valence-corrected chi connectivity index (χ1v) is 8.92. The maximum atomic E-state index is 14.7. The van der Waals surface area contributed by atoms with Gasteiger partial charge in [-0.2, -0.15) is 0 Å². The zero-order chi connectivity index (χ0) is 16.2. The van der Waals surface area contributed by atoms with Crippen LogP contribution in [0.2, 0.25) is 0 Å². The van der Waals surface area contributed by atoms with E-state index in [0.717, 1.165) is 30.8 Å². The van der Waals surface area contributed by atoms with Crippen molar-refractivity contribution >= 4 is 15.8 Å². The van der Waals surface area contributed by atoms with Gasteiger partial charge in [0.05, 0.1) is 0 Å². The summed E-state index contributed by atoms with van der Waals surface area (Å²) in [5.41, 5.74) is 2.10. The normalized spacial score (nSPS) is 17.8. The van der Waals surface area contributed by atoms with E-state index >= 15 is 0 Å². The van der Waals surface area contributed by atoms with Crippen LogP contribution in [0.1, 0.15) is 18.4 Å². The van der Waals surface area contributed by atoms with Crippen LogP contribution in [0.3, 0.4) is 0 Å². The summed E-state index contributed by atoms with van der Waals surface area (Å²) in [7, 11) is -2.57. The lowest BCUT2D eigenvalue weighted by molar-refractivity contribution is 0.563. The van der Waals surface area contributed by atoms with E-state index in [0.29, 0.717) is 5.56 Å². The molecule has 1 aromatic carbocycles. The molecule has 0 amide bonds. The van der Waals surface area contributed by atoms with E-state index in [9.17, 15) is 12.8 Å². The summed E-state index contributed by atoms with van der Waals surface area (Å²) < 4.78 is 40.7. The molecule has 5 nitrogen and oxygen atoms in total. The third-order valence-corrected chi connectivity index (χ3v) is 6.17. The van der Waals surface area contributed by atoms with Crippen molar-refractivity contribution in [1.82, 2.24) is 9.71 Å². The third-order valence-electron chi connectivity index (χ3n) is 4.74. The lowest BCUT2D eigenvalue weighted by Crippen LogP contribution is -2.20. The van der Waals surface area contributed by atoms with Crippen molar-refractivity contribution in [3.8, 4) is 11.1 Å². The highest BCUT2D eigenvalue weighted by atomic mass is 32.2. The fourth-order valence-electron chi connectivity index (χ4n) is 3.15. The molecule has 4 rings (SSSR count). The smallest absolute Gasteiger partial charge is 0.243 e. The van der Waals surface area contributed by atoms with Gasteiger partial charge in [0.15, 0.2) is 5.82 Å². The van der Waals surface area contributed by atoms with Crippen LogP contribution >= 0.6 is 0 Å². The van der Waals surface area contributed by atoms with Crippen molar-refractivity contribution in [2.45, 2.75) is 23.2 Å². The Morgan fingerprint density at radius 3 is 2.83 bits per heavy atom. The largest absolute Gasteiger partial charge is 0.369 e. The van der Waals surface area contributed by atoms with Gasteiger partial charge in [0.2, 0.25) is 10.0 Å². The summed E-state index contributed by atoms with van der Waals surface area (Å²) in [5, 5.41) is 3.28. The molecule has 0 radical (unpaired) electrons. The fraction of sp³-hybridized carbons (Fsp3) is 0.312. The first-order chi connectivity index (χ1) is 11.0. The maximum Gasteiger partial charge on any atom is 0.243 e. The maximum absolute atomic E-state index is 14.7. The van der Waals surface area contributed by atoms with E-state index in [4.69, 9.17) is 0 Å². The Labute approximate surface area is 134 Å². The van der Waals surface area contributed by atoms with E-state index in [-0.39, 0.29) is 15.9 Å². The summed E-state index contributed by atoms with van der Waals surface area (Å²) in [6.07, 6.45) is 3.80. The number of hydrogen-bond acceptors (Lipinski definition) is 4. The van der Waals surface area contributed by atoms with Crippen LogP contribution in [0.5, 0.6) is 0 Å². The van der Waals surface area contributed by atoms with E-state index in [1.807, 2.05) is 6.07 Å². The van der Waals surface area contributed by atoms with Gasteiger partial charge in [-0.15, -0.1) is 0 Å². The number of fused-ring (bicyclic) bond motifs is 2. The Morgan fingerprint density at radius 2 is 2.13 bits per heavy atom. The van der Waals surface area contributed by atoms with Gasteiger partial charge in [-0.05, 0) is 32.0 Å². The Bertz CT molecular complexity index is 908. The molecule has 2 aliphatic rings. The number of anilines is 1. The standard InChI is InChI=1S/C16H16FN3O2S/c1-18-23(21,22)13-4-2-3-11(14(13)17)10-7-12-15(19-8-10)20-9-16(12)5-6-16/h2-4,7-8,18H,5-6,9H2,1H3,(H,19,20). The number of benzene rings is 1. The minimum absolute atomic E-state index is 0.142. The quantitative estimate of drug-likeness (QED) is 0.904. The molecular weight excluding hydrogens is 317 g/mol. The van der Waals surface area contributed by atoms with E-state index in [1.165, 1.54) is 13.1 Å². The number of pyridine rings is 1. The van der Waals surface area contributed by atoms with E-state index in [1.54, 1.807) is 18.3 Å². The van der Waals surface area contributed by atoms with Crippen LogP contribution in [0, 0.1) is 5.82 Å². The van der Waals surface area contributed by atoms with Crippen molar-refractivity contribution in [2.24, 2.45) is 0 Å². The molecule has 0 atom stereocenters. The molecule has 1 aromatic heterocycles. The van der Waals surface area contributed by atoms with Crippen molar-refractivity contribution in [2.75, 3.05) is 18.9 Å². The summed E-state index contributed by atoms with van der Waals surface area (Å²) in [6, 6.07) is 6.31. The number of sulfonamides is 1. The van der Waals surface area contributed by atoms with Gasteiger partial charge >= 0.3 is 0 Å². The minimum Gasteiger partial charge on any atom is -0.369 e. The Hall–Kier alpha value is -1.99. The number of rotatable bonds is 3. The average molecular weight is 333 g/mol. The topological polar surface area (TPSA) is 71.1 Å². The molecule has 2 heterocycles. The summed E-state index contributed by atoms with van der Waals surface area (Å²) >= 11 is 0. The van der Waals surface area contributed by atoms with Gasteiger partial charge in [-0.25, -0.2) is 22.5 Å². The van der Waals surface area contributed by atoms with E-state index < -0.39 is 15.8 Å². The van der Waals surface area contributed by atoms with Crippen molar-refractivity contribution in [1.29, 1.82) is 0 Å². The van der Waals surface area contributed by atoms with Gasteiger partial charge in [0.1, 0.15) is 10.7 Å². The number of hydrogen-bond donors (Lipinski definition) is 2. The third kappa shape index (κ3) is 2.14. The second-order valence-electron chi connectivity index (χ2n) is 6.08. The highest BCUT2D eigenvalue weighted by Crippen LogP contribution is 2.54. The average Bonchev–Trinajstić information content (AvgIpc) is 3.25. The molecule has 0 unspecified atom stereocenters. The molecule has 2 N–H and O–H groups in total.